The van der Waals surface area contributed by atoms with Gasteiger partial charge in [-0.05, 0) is 47.5 Å². The van der Waals surface area contributed by atoms with Gasteiger partial charge in [0.2, 0.25) is 10.0 Å². The second-order valence-corrected chi connectivity index (χ2v) is 7.34. The summed E-state index contributed by atoms with van der Waals surface area (Å²) in [6.45, 7) is 1.83. The molecule has 3 aromatic carbocycles. The minimum atomic E-state index is -3.60. The lowest BCUT2D eigenvalue weighted by Crippen LogP contribution is -2.26. The zero-order valence-electron chi connectivity index (χ0n) is 13.6. The molecular weight excluding hydrogens is 322 g/mol. The number of hydrogen-bond acceptors (Lipinski definition) is 3. The second-order valence-electron chi connectivity index (χ2n) is 5.63. The van der Waals surface area contributed by atoms with Crippen molar-refractivity contribution in [2.45, 2.75) is 17.9 Å². The first kappa shape index (κ1) is 16.5. The van der Waals surface area contributed by atoms with Crippen LogP contribution in [0, 0.1) is 0 Å². The highest BCUT2D eigenvalue weighted by Gasteiger charge is 2.18. The smallest absolute Gasteiger partial charge is 0.241 e. The molecule has 1 atom stereocenters. The van der Waals surface area contributed by atoms with E-state index >= 15 is 0 Å². The molecule has 0 fully saturated rings. The first-order chi connectivity index (χ1) is 11.5. The zero-order chi connectivity index (χ0) is 17.2. The Bertz CT molecular complexity index is 953. The Hall–Kier alpha value is -2.37. The maximum atomic E-state index is 12.6. The monoisotopic (exact) mass is 341 g/mol. The summed E-state index contributed by atoms with van der Waals surface area (Å²) in [4.78, 5) is 0.253. The number of benzene rings is 3. The molecular formula is C19H19NO3S. The maximum absolute atomic E-state index is 12.6. The Kier molecular flexibility index (Phi) is 4.55. The van der Waals surface area contributed by atoms with Gasteiger partial charge >= 0.3 is 0 Å². The van der Waals surface area contributed by atoms with Crippen LogP contribution in [0.2, 0.25) is 0 Å². The van der Waals surface area contributed by atoms with Gasteiger partial charge in [-0.1, -0.05) is 42.5 Å². The van der Waals surface area contributed by atoms with Crippen molar-refractivity contribution in [1.82, 2.24) is 4.72 Å². The fourth-order valence-electron chi connectivity index (χ4n) is 2.61. The van der Waals surface area contributed by atoms with Crippen molar-refractivity contribution in [3.63, 3.8) is 0 Å². The molecule has 1 unspecified atom stereocenters. The van der Waals surface area contributed by atoms with Crippen LogP contribution in [0.15, 0.2) is 71.6 Å². The highest BCUT2D eigenvalue weighted by Crippen LogP contribution is 2.24. The third kappa shape index (κ3) is 3.42. The fourth-order valence-corrected chi connectivity index (χ4v) is 3.87. The Balaban J connectivity index is 1.90. The van der Waals surface area contributed by atoms with Crippen molar-refractivity contribution in [1.29, 1.82) is 0 Å². The van der Waals surface area contributed by atoms with E-state index in [9.17, 15) is 8.42 Å². The van der Waals surface area contributed by atoms with Gasteiger partial charge in [0, 0.05) is 6.04 Å². The number of nitrogens with one attached hydrogen (secondary N) is 1. The number of hydrogen-bond donors (Lipinski definition) is 1. The predicted molar refractivity (Wildman–Crippen MR) is 95.7 cm³/mol. The van der Waals surface area contributed by atoms with Crippen LogP contribution in [0.5, 0.6) is 5.75 Å². The van der Waals surface area contributed by atoms with Crippen molar-refractivity contribution in [3.05, 3.63) is 72.3 Å². The Morgan fingerprint density at radius 2 is 1.58 bits per heavy atom. The molecule has 0 aromatic heterocycles. The van der Waals surface area contributed by atoms with E-state index in [2.05, 4.69) is 4.72 Å². The van der Waals surface area contributed by atoms with E-state index in [1.165, 1.54) is 0 Å². The molecule has 3 aromatic rings. The van der Waals surface area contributed by atoms with E-state index in [1.54, 1.807) is 25.3 Å². The van der Waals surface area contributed by atoms with Crippen molar-refractivity contribution >= 4 is 20.8 Å². The minimum Gasteiger partial charge on any atom is -0.497 e. The standard InChI is InChI=1S/C19H19NO3S/c1-14(15-6-4-3-5-7-15)20-24(21,22)19-11-9-16-12-18(23-2)10-8-17(16)13-19/h3-14,20H,1-2H3. The van der Waals surface area contributed by atoms with Gasteiger partial charge in [-0.3, -0.25) is 0 Å². The third-order valence-electron chi connectivity index (χ3n) is 3.96. The van der Waals surface area contributed by atoms with E-state index in [-0.39, 0.29) is 10.9 Å². The van der Waals surface area contributed by atoms with Crippen molar-refractivity contribution in [2.24, 2.45) is 0 Å². The summed E-state index contributed by atoms with van der Waals surface area (Å²) in [5.41, 5.74) is 0.923. The van der Waals surface area contributed by atoms with Gasteiger partial charge in [-0.25, -0.2) is 13.1 Å². The molecule has 0 saturated heterocycles. The van der Waals surface area contributed by atoms with E-state index in [1.807, 2.05) is 55.5 Å². The van der Waals surface area contributed by atoms with Gasteiger partial charge in [0.25, 0.3) is 0 Å². The molecule has 124 valence electrons. The normalized spacial score (nSPS) is 12.9. The van der Waals surface area contributed by atoms with Crippen LogP contribution in [-0.2, 0) is 10.0 Å². The average molecular weight is 341 g/mol. The highest BCUT2D eigenvalue weighted by molar-refractivity contribution is 7.89. The number of ether oxygens (including phenoxy) is 1. The molecule has 0 bridgehead atoms. The molecule has 0 aliphatic carbocycles. The number of methoxy groups -OCH3 is 1. The molecule has 4 nitrogen and oxygen atoms in total. The summed E-state index contributed by atoms with van der Waals surface area (Å²) < 4.78 is 33.2. The topological polar surface area (TPSA) is 55.4 Å². The molecule has 5 heteroatoms. The number of fused-ring (bicyclic) bond motifs is 1. The molecule has 3 rings (SSSR count). The highest BCUT2D eigenvalue weighted by atomic mass is 32.2. The van der Waals surface area contributed by atoms with Gasteiger partial charge in [0.05, 0.1) is 12.0 Å². The van der Waals surface area contributed by atoms with Gasteiger partial charge < -0.3 is 4.74 Å². The summed E-state index contributed by atoms with van der Waals surface area (Å²) in [6, 6.07) is 19.8. The minimum absolute atomic E-state index is 0.253. The van der Waals surface area contributed by atoms with E-state index in [4.69, 9.17) is 4.74 Å². The van der Waals surface area contributed by atoms with E-state index in [0.29, 0.717) is 0 Å². The molecule has 0 aliphatic rings. The SMILES string of the molecule is COc1ccc2cc(S(=O)(=O)NC(C)c3ccccc3)ccc2c1. The zero-order valence-corrected chi connectivity index (χ0v) is 14.4. The van der Waals surface area contributed by atoms with Crippen LogP contribution in [-0.4, -0.2) is 15.5 Å². The lowest BCUT2D eigenvalue weighted by Gasteiger charge is -2.15. The quantitative estimate of drug-likeness (QED) is 0.766. The van der Waals surface area contributed by atoms with Crippen molar-refractivity contribution < 1.29 is 13.2 Å². The summed E-state index contributed by atoms with van der Waals surface area (Å²) in [6.07, 6.45) is 0. The molecule has 0 heterocycles. The largest absolute Gasteiger partial charge is 0.497 e. The Morgan fingerprint density at radius 1 is 0.917 bits per heavy atom. The van der Waals surface area contributed by atoms with Crippen LogP contribution >= 0.6 is 0 Å². The molecule has 0 spiro atoms. The van der Waals surface area contributed by atoms with Crippen LogP contribution in [0.3, 0.4) is 0 Å². The van der Waals surface area contributed by atoms with Crippen LogP contribution in [0.25, 0.3) is 10.8 Å². The Morgan fingerprint density at radius 3 is 2.29 bits per heavy atom. The van der Waals surface area contributed by atoms with Gasteiger partial charge in [-0.2, -0.15) is 0 Å². The lowest BCUT2D eigenvalue weighted by molar-refractivity contribution is 0.415. The Labute approximate surface area is 142 Å². The average Bonchev–Trinajstić information content (AvgIpc) is 2.61. The summed E-state index contributed by atoms with van der Waals surface area (Å²) >= 11 is 0. The van der Waals surface area contributed by atoms with Crippen molar-refractivity contribution in [3.8, 4) is 5.75 Å². The molecule has 0 radical (unpaired) electrons. The van der Waals surface area contributed by atoms with E-state index < -0.39 is 10.0 Å². The van der Waals surface area contributed by atoms with Crippen LogP contribution in [0.1, 0.15) is 18.5 Å². The van der Waals surface area contributed by atoms with Gasteiger partial charge in [0.15, 0.2) is 0 Å². The summed E-state index contributed by atoms with van der Waals surface area (Å²) in [5, 5.41) is 1.79. The van der Waals surface area contributed by atoms with E-state index in [0.717, 1.165) is 22.1 Å². The molecule has 0 aliphatic heterocycles. The fraction of sp³-hybridized carbons (Fsp3) is 0.158. The summed E-state index contributed by atoms with van der Waals surface area (Å²) in [7, 11) is -1.99. The van der Waals surface area contributed by atoms with Crippen LogP contribution < -0.4 is 9.46 Å². The first-order valence-corrected chi connectivity index (χ1v) is 9.13. The number of rotatable bonds is 5. The van der Waals surface area contributed by atoms with Crippen molar-refractivity contribution in [2.75, 3.05) is 7.11 Å². The van der Waals surface area contributed by atoms with Gasteiger partial charge in [-0.15, -0.1) is 0 Å². The summed E-state index contributed by atoms with van der Waals surface area (Å²) in [5.74, 6) is 0.744. The molecule has 0 amide bonds. The van der Waals surface area contributed by atoms with Gasteiger partial charge in [0.1, 0.15) is 5.75 Å². The maximum Gasteiger partial charge on any atom is 0.241 e. The predicted octanol–water partition coefficient (Wildman–Crippen LogP) is 3.89. The lowest BCUT2D eigenvalue weighted by atomic mass is 10.1. The second kappa shape index (κ2) is 6.63. The number of sulfonamides is 1. The molecule has 0 saturated carbocycles. The molecule has 1 N–H and O–H groups in total. The first-order valence-electron chi connectivity index (χ1n) is 7.65. The molecule has 24 heavy (non-hydrogen) atoms. The van der Waals surface area contributed by atoms with Crippen LogP contribution in [0.4, 0.5) is 0 Å². The third-order valence-corrected chi connectivity index (χ3v) is 5.50.